The first-order chi connectivity index (χ1) is 11.5. The molecule has 0 heterocycles. The molecule has 0 aliphatic heterocycles. The summed E-state index contributed by atoms with van der Waals surface area (Å²) in [5.74, 6) is 0.952. The number of hydrogen-bond donors (Lipinski definition) is 1. The fraction of sp³-hybridized carbons (Fsp3) is 0.235. The van der Waals surface area contributed by atoms with E-state index in [4.69, 9.17) is 0 Å². The number of carbonyl (C=O) groups excluding carboxylic acids is 1. The standard InChI is InChI=1S/C17H17BrN2O3S/c1-12(14-4-6-15(18)7-5-14)19-17(21)11-24-10-13-2-8-16(9-3-13)20(22)23/h2-9,12H,10-11H2,1H3,(H,19,21)/t12-/m0/s1. The molecule has 0 fully saturated rings. The van der Waals surface area contributed by atoms with Crippen LogP contribution in [0.2, 0.25) is 0 Å². The van der Waals surface area contributed by atoms with Crippen molar-refractivity contribution in [3.05, 3.63) is 74.2 Å². The Bertz CT molecular complexity index is 705. The number of halogens is 1. The van der Waals surface area contributed by atoms with Crippen molar-refractivity contribution in [1.29, 1.82) is 0 Å². The highest BCUT2D eigenvalue weighted by Gasteiger charge is 2.10. The fourth-order valence-electron chi connectivity index (χ4n) is 2.09. The Morgan fingerprint density at radius 2 is 1.83 bits per heavy atom. The Hall–Kier alpha value is -1.86. The molecule has 2 aromatic carbocycles. The summed E-state index contributed by atoms with van der Waals surface area (Å²) in [5.41, 5.74) is 2.08. The van der Waals surface area contributed by atoms with Crippen LogP contribution in [0.4, 0.5) is 5.69 Å². The molecule has 0 saturated carbocycles. The Balaban J connectivity index is 1.76. The van der Waals surface area contributed by atoms with E-state index in [1.54, 1.807) is 12.1 Å². The van der Waals surface area contributed by atoms with E-state index < -0.39 is 4.92 Å². The molecule has 126 valence electrons. The summed E-state index contributed by atoms with van der Waals surface area (Å²) in [6.07, 6.45) is 0. The quantitative estimate of drug-likeness (QED) is 0.541. The third-order valence-corrected chi connectivity index (χ3v) is 4.93. The Labute approximate surface area is 153 Å². The number of nitro groups is 1. The number of amides is 1. The minimum Gasteiger partial charge on any atom is -0.349 e. The minimum atomic E-state index is -0.423. The molecule has 24 heavy (non-hydrogen) atoms. The van der Waals surface area contributed by atoms with Gasteiger partial charge in [-0.2, -0.15) is 0 Å². The molecule has 0 saturated heterocycles. The highest BCUT2D eigenvalue weighted by molar-refractivity contribution is 9.10. The highest BCUT2D eigenvalue weighted by Crippen LogP contribution is 2.18. The van der Waals surface area contributed by atoms with Crippen molar-refractivity contribution in [3.63, 3.8) is 0 Å². The van der Waals surface area contributed by atoms with Gasteiger partial charge in [-0.05, 0) is 30.2 Å². The molecular formula is C17H17BrN2O3S. The zero-order chi connectivity index (χ0) is 17.5. The van der Waals surface area contributed by atoms with Gasteiger partial charge in [0.15, 0.2) is 0 Å². The van der Waals surface area contributed by atoms with Crippen molar-refractivity contribution < 1.29 is 9.72 Å². The van der Waals surface area contributed by atoms with Crippen LogP contribution < -0.4 is 5.32 Å². The number of rotatable bonds is 7. The number of benzene rings is 2. The number of nitro benzene ring substituents is 1. The zero-order valence-electron chi connectivity index (χ0n) is 13.1. The average Bonchev–Trinajstić information content (AvgIpc) is 2.55. The Morgan fingerprint density at radius 3 is 2.42 bits per heavy atom. The summed E-state index contributed by atoms with van der Waals surface area (Å²) in [6, 6.07) is 14.2. The van der Waals surface area contributed by atoms with Gasteiger partial charge in [0, 0.05) is 22.4 Å². The van der Waals surface area contributed by atoms with Gasteiger partial charge in [0.05, 0.1) is 16.7 Å². The van der Waals surface area contributed by atoms with Gasteiger partial charge in [0.25, 0.3) is 5.69 Å². The second-order valence-corrected chi connectivity index (χ2v) is 7.16. The van der Waals surface area contributed by atoms with Crippen molar-refractivity contribution in [1.82, 2.24) is 5.32 Å². The zero-order valence-corrected chi connectivity index (χ0v) is 15.5. The molecular weight excluding hydrogens is 392 g/mol. The minimum absolute atomic E-state index is 0.0302. The van der Waals surface area contributed by atoms with E-state index in [0.717, 1.165) is 15.6 Å². The number of non-ortho nitro benzene ring substituents is 1. The first kappa shape index (κ1) is 18.5. The van der Waals surface area contributed by atoms with Crippen LogP contribution in [0.15, 0.2) is 53.0 Å². The van der Waals surface area contributed by atoms with Crippen LogP contribution in [0.25, 0.3) is 0 Å². The number of hydrogen-bond acceptors (Lipinski definition) is 4. The predicted octanol–water partition coefficient (Wildman–Crippen LogP) is 4.47. The van der Waals surface area contributed by atoms with Gasteiger partial charge in [0.2, 0.25) is 5.91 Å². The molecule has 1 N–H and O–H groups in total. The molecule has 0 radical (unpaired) electrons. The molecule has 7 heteroatoms. The van der Waals surface area contributed by atoms with Crippen LogP contribution in [-0.4, -0.2) is 16.6 Å². The topological polar surface area (TPSA) is 72.2 Å². The predicted molar refractivity (Wildman–Crippen MR) is 100.0 cm³/mol. The van der Waals surface area contributed by atoms with E-state index >= 15 is 0 Å². The number of thioether (sulfide) groups is 1. The van der Waals surface area contributed by atoms with E-state index in [0.29, 0.717) is 11.5 Å². The lowest BCUT2D eigenvalue weighted by atomic mass is 10.1. The van der Waals surface area contributed by atoms with E-state index in [-0.39, 0.29) is 17.6 Å². The van der Waals surface area contributed by atoms with E-state index in [9.17, 15) is 14.9 Å². The summed E-state index contributed by atoms with van der Waals surface area (Å²) in [4.78, 5) is 22.2. The Kier molecular flexibility index (Phi) is 6.81. The maximum atomic E-state index is 12.0. The summed E-state index contributed by atoms with van der Waals surface area (Å²) in [5, 5.41) is 13.6. The van der Waals surface area contributed by atoms with Gasteiger partial charge in [-0.15, -0.1) is 11.8 Å². The molecule has 0 aliphatic rings. The number of nitrogens with zero attached hydrogens (tertiary/aromatic N) is 1. The van der Waals surface area contributed by atoms with Crippen molar-refractivity contribution in [2.24, 2.45) is 0 Å². The highest BCUT2D eigenvalue weighted by atomic mass is 79.9. The molecule has 2 rings (SSSR count). The van der Waals surface area contributed by atoms with Gasteiger partial charge < -0.3 is 5.32 Å². The third-order valence-electron chi connectivity index (χ3n) is 3.40. The van der Waals surface area contributed by atoms with Crippen LogP contribution in [0.1, 0.15) is 24.1 Å². The molecule has 2 aromatic rings. The van der Waals surface area contributed by atoms with Crippen LogP contribution >= 0.6 is 27.7 Å². The SMILES string of the molecule is C[C@H](NC(=O)CSCc1ccc([N+](=O)[O-])cc1)c1ccc(Br)cc1. The molecule has 0 aromatic heterocycles. The summed E-state index contributed by atoms with van der Waals surface area (Å²) in [7, 11) is 0. The van der Waals surface area contributed by atoms with E-state index in [1.807, 2.05) is 31.2 Å². The second kappa shape index (κ2) is 8.84. The third kappa shape index (κ3) is 5.65. The molecule has 1 atom stereocenters. The fourth-order valence-corrected chi connectivity index (χ4v) is 3.16. The smallest absolute Gasteiger partial charge is 0.269 e. The lowest BCUT2D eigenvalue weighted by Crippen LogP contribution is -2.28. The van der Waals surface area contributed by atoms with Gasteiger partial charge in [-0.25, -0.2) is 0 Å². The first-order valence-corrected chi connectivity index (χ1v) is 9.26. The van der Waals surface area contributed by atoms with Crippen molar-refractivity contribution in [3.8, 4) is 0 Å². The van der Waals surface area contributed by atoms with Crippen LogP contribution in [0.5, 0.6) is 0 Å². The summed E-state index contributed by atoms with van der Waals surface area (Å²) in [6.45, 7) is 1.95. The number of carbonyl (C=O) groups is 1. The van der Waals surface area contributed by atoms with Gasteiger partial charge >= 0.3 is 0 Å². The molecule has 0 spiro atoms. The van der Waals surface area contributed by atoms with E-state index in [1.165, 1.54) is 23.9 Å². The van der Waals surface area contributed by atoms with E-state index in [2.05, 4.69) is 21.2 Å². The first-order valence-electron chi connectivity index (χ1n) is 7.31. The Morgan fingerprint density at radius 1 is 1.21 bits per heavy atom. The molecule has 1 amide bonds. The van der Waals surface area contributed by atoms with Gasteiger partial charge in [0.1, 0.15) is 0 Å². The van der Waals surface area contributed by atoms with Crippen LogP contribution in [0.3, 0.4) is 0 Å². The average molecular weight is 409 g/mol. The monoisotopic (exact) mass is 408 g/mol. The van der Waals surface area contributed by atoms with Crippen molar-refractivity contribution in [2.75, 3.05) is 5.75 Å². The second-order valence-electron chi connectivity index (χ2n) is 5.26. The van der Waals surface area contributed by atoms with Gasteiger partial charge in [-0.1, -0.05) is 40.2 Å². The largest absolute Gasteiger partial charge is 0.349 e. The summed E-state index contributed by atoms with van der Waals surface area (Å²) >= 11 is 4.87. The normalized spacial score (nSPS) is 11.8. The molecule has 0 unspecified atom stereocenters. The lowest BCUT2D eigenvalue weighted by molar-refractivity contribution is -0.384. The maximum Gasteiger partial charge on any atom is 0.269 e. The van der Waals surface area contributed by atoms with Crippen molar-refractivity contribution in [2.45, 2.75) is 18.7 Å². The van der Waals surface area contributed by atoms with Gasteiger partial charge in [-0.3, -0.25) is 14.9 Å². The summed E-state index contributed by atoms with van der Waals surface area (Å²) < 4.78 is 1.00. The van der Waals surface area contributed by atoms with Crippen LogP contribution in [-0.2, 0) is 10.5 Å². The maximum absolute atomic E-state index is 12.0. The molecule has 0 bridgehead atoms. The molecule has 5 nitrogen and oxygen atoms in total. The lowest BCUT2D eigenvalue weighted by Gasteiger charge is -2.14. The molecule has 0 aliphatic carbocycles. The number of nitrogens with one attached hydrogen (secondary N) is 1. The van der Waals surface area contributed by atoms with Crippen LogP contribution in [0, 0.1) is 10.1 Å². The van der Waals surface area contributed by atoms with Crippen molar-refractivity contribution >= 4 is 39.3 Å².